The minimum Gasteiger partial charge on any atom is -0.462 e. The number of hydrogen-bond donors (Lipinski definition) is 2. The van der Waals surface area contributed by atoms with Gasteiger partial charge < -0.3 is 10.1 Å². The Balaban J connectivity index is 2.71. The maximum Gasteiger partial charge on any atom is 0.340 e. The van der Waals surface area contributed by atoms with Gasteiger partial charge in [-0.1, -0.05) is 19.1 Å². The predicted molar refractivity (Wildman–Crippen MR) is 83.1 cm³/mol. The maximum atomic E-state index is 11.8. The molecule has 0 aliphatic carbocycles. The van der Waals surface area contributed by atoms with Crippen LogP contribution >= 0.6 is 0 Å². The molecular weight excluding hydrogens is 308 g/mol. The Morgan fingerprint density at radius 2 is 1.86 bits per heavy atom. The first-order chi connectivity index (χ1) is 10.4. The standard InChI is InChI=1S/C14H20N2O5S/c1-3-9-22(19,20)15-10-13(17)16-12-8-6-5-7-11(12)14(18)21-4-2/h5-8,15H,3-4,9-10H2,1-2H3,(H,16,17). The summed E-state index contributed by atoms with van der Waals surface area (Å²) in [6.45, 7) is 3.24. The molecule has 1 rings (SSSR count). The van der Waals surface area contributed by atoms with Crippen molar-refractivity contribution in [3.63, 3.8) is 0 Å². The molecule has 8 heteroatoms. The molecule has 7 nitrogen and oxygen atoms in total. The Kier molecular flexibility index (Phi) is 7.00. The molecule has 2 N–H and O–H groups in total. The average molecular weight is 328 g/mol. The van der Waals surface area contributed by atoms with E-state index < -0.39 is 21.9 Å². The van der Waals surface area contributed by atoms with Crippen LogP contribution in [0.4, 0.5) is 5.69 Å². The number of amides is 1. The second-order valence-corrected chi connectivity index (χ2v) is 6.38. The van der Waals surface area contributed by atoms with Crippen LogP contribution in [0.5, 0.6) is 0 Å². The smallest absolute Gasteiger partial charge is 0.340 e. The SMILES string of the molecule is CCCS(=O)(=O)NCC(=O)Nc1ccccc1C(=O)OCC. The lowest BCUT2D eigenvalue weighted by atomic mass is 10.2. The fourth-order valence-corrected chi connectivity index (χ4v) is 2.72. The zero-order valence-electron chi connectivity index (χ0n) is 12.6. The van der Waals surface area contributed by atoms with Crippen LogP contribution in [0, 0.1) is 0 Å². The molecule has 22 heavy (non-hydrogen) atoms. The predicted octanol–water partition coefficient (Wildman–Crippen LogP) is 1.13. The summed E-state index contributed by atoms with van der Waals surface area (Å²) in [6, 6.07) is 6.37. The third-order valence-corrected chi connectivity index (χ3v) is 4.15. The highest BCUT2D eigenvalue weighted by Gasteiger charge is 2.15. The van der Waals surface area contributed by atoms with Gasteiger partial charge in [-0.3, -0.25) is 4.79 Å². The molecule has 0 radical (unpaired) electrons. The van der Waals surface area contributed by atoms with Crippen LogP contribution in [-0.2, 0) is 19.6 Å². The molecule has 0 bridgehead atoms. The first-order valence-electron chi connectivity index (χ1n) is 6.93. The van der Waals surface area contributed by atoms with E-state index in [0.29, 0.717) is 6.42 Å². The largest absolute Gasteiger partial charge is 0.462 e. The van der Waals surface area contributed by atoms with Crippen molar-refractivity contribution in [2.45, 2.75) is 20.3 Å². The van der Waals surface area contributed by atoms with E-state index in [-0.39, 0.29) is 30.2 Å². The first-order valence-corrected chi connectivity index (χ1v) is 8.58. The van der Waals surface area contributed by atoms with Crippen LogP contribution in [-0.4, -0.2) is 39.2 Å². The minimum atomic E-state index is -3.46. The number of para-hydroxylation sites is 1. The van der Waals surface area contributed by atoms with Gasteiger partial charge in [0.2, 0.25) is 15.9 Å². The van der Waals surface area contributed by atoms with Gasteiger partial charge in [0.15, 0.2) is 0 Å². The van der Waals surface area contributed by atoms with Crippen molar-refractivity contribution in [3.05, 3.63) is 29.8 Å². The highest BCUT2D eigenvalue weighted by atomic mass is 32.2. The monoisotopic (exact) mass is 328 g/mol. The van der Waals surface area contributed by atoms with Crippen LogP contribution in [0.2, 0.25) is 0 Å². The molecule has 0 spiro atoms. The molecule has 0 aliphatic heterocycles. The summed E-state index contributed by atoms with van der Waals surface area (Å²) in [4.78, 5) is 23.6. The van der Waals surface area contributed by atoms with E-state index in [2.05, 4.69) is 10.0 Å². The fourth-order valence-electron chi connectivity index (χ4n) is 1.69. The molecule has 0 saturated heterocycles. The third-order valence-electron chi connectivity index (χ3n) is 2.62. The van der Waals surface area contributed by atoms with Crippen molar-refractivity contribution in [3.8, 4) is 0 Å². The van der Waals surface area contributed by atoms with Gasteiger partial charge in [0.1, 0.15) is 0 Å². The Labute approximate surface area is 130 Å². The first kappa shape index (κ1) is 18.1. The van der Waals surface area contributed by atoms with Crippen molar-refractivity contribution in [1.82, 2.24) is 4.72 Å². The lowest BCUT2D eigenvalue weighted by Crippen LogP contribution is -2.34. The molecule has 1 aromatic rings. The number of hydrogen-bond acceptors (Lipinski definition) is 5. The normalized spacial score (nSPS) is 11.0. The summed E-state index contributed by atoms with van der Waals surface area (Å²) < 4.78 is 30.1. The van der Waals surface area contributed by atoms with Gasteiger partial charge >= 0.3 is 5.97 Å². The minimum absolute atomic E-state index is 0.0420. The molecule has 0 heterocycles. The molecule has 0 unspecified atom stereocenters. The lowest BCUT2D eigenvalue weighted by Gasteiger charge is -2.11. The Hall–Kier alpha value is -1.93. The van der Waals surface area contributed by atoms with Crippen molar-refractivity contribution in [1.29, 1.82) is 0 Å². The zero-order chi connectivity index (χ0) is 16.6. The number of esters is 1. The molecule has 0 aliphatic rings. The Morgan fingerprint density at radius 1 is 1.18 bits per heavy atom. The molecule has 122 valence electrons. The van der Waals surface area contributed by atoms with Crippen LogP contribution in [0.25, 0.3) is 0 Å². The van der Waals surface area contributed by atoms with Crippen molar-refractivity contribution >= 4 is 27.6 Å². The highest BCUT2D eigenvalue weighted by Crippen LogP contribution is 2.16. The number of rotatable bonds is 8. The second kappa shape index (κ2) is 8.50. The Morgan fingerprint density at radius 3 is 2.50 bits per heavy atom. The van der Waals surface area contributed by atoms with Crippen LogP contribution in [0.3, 0.4) is 0 Å². The Bertz CT molecular complexity index is 628. The lowest BCUT2D eigenvalue weighted by molar-refractivity contribution is -0.115. The molecular formula is C14H20N2O5S. The summed E-state index contributed by atoms with van der Waals surface area (Å²) in [5.74, 6) is -1.15. The van der Waals surface area contributed by atoms with Crippen molar-refractivity contribution in [2.24, 2.45) is 0 Å². The maximum absolute atomic E-state index is 11.8. The van der Waals surface area contributed by atoms with E-state index in [1.807, 2.05) is 0 Å². The fraction of sp³-hybridized carbons (Fsp3) is 0.429. The number of benzene rings is 1. The van der Waals surface area contributed by atoms with E-state index in [1.165, 1.54) is 6.07 Å². The highest BCUT2D eigenvalue weighted by molar-refractivity contribution is 7.89. The van der Waals surface area contributed by atoms with Gasteiger partial charge in [-0.15, -0.1) is 0 Å². The number of nitrogens with one attached hydrogen (secondary N) is 2. The van der Waals surface area contributed by atoms with E-state index in [9.17, 15) is 18.0 Å². The number of anilines is 1. The van der Waals surface area contributed by atoms with E-state index >= 15 is 0 Å². The van der Waals surface area contributed by atoms with Crippen LogP contribution < -0.4 is 10.0 Å². The van der Waals surface area contributed by atoms with Crippen molar-refractivity contribution in [2.75, 3.05) is 24.2 Å². The van der Waals surface area contributed by atoms with Gasteiger partial charge in [0, 0.05) is 0 Å². The van der Waals surface area contributed by atoms with E-state index in [0.717, 1.165) is 0 Å². The molecule has 0 fully saturated rings. The summed E-state index contributed by atoms with van der Waals surface area (Å²) in [5, 5.41) is 2.50. The average Bonchev–Trinajstić information content (AvgIpc) is 2.46. The van der Waals surface area contributed by atoms with Gasteiger partial charge in [0.25, 0.3) is 0 Å². The summed E-state index contributed by atoms with van der Waals surface area (Å²) in [5.41, 5.74) is 0.495. The van der Waals surface area contributed by atoms with Gasteiger partial charge in [0.05, 0.1) is 30.2 Å². The molecule has 0 aromatic heterocycles. The molecule has 0 atom stereocenters. The number of sulfonamides is 1. The molecule has 0 saturated carbocycles. The van der Waals surface area contributed by atoms with Crippen LogP contribution in [0.15, 0.2) is 24.3 Å². The van der Waals surface area contributed by atoms with E-state index in [1.54, 1.807) is 32.0 Å². The molecule has 1 amide bonds. The zero-order valence-corrected chi connectivity index (χ0v) is 13.4. The van der Waals surface area contributed by atoms with Gasteiger partial charge in [-0.25, -0.2) is 17.9 Å². The summed E-state index contributed by atoms with van der Waals surface area (Å²) in [6.07, 6.45) is 0.461. The van der Waals surface area contributed by atoms with Crippen molar-refractivity contribution < 1.29 is 22.7 Å². The number of carbonyl (C=O) groups is 2. The molecule has 1 aromatic carbocycles. The quantitative estimate of drug-likeness (QED) is 0.697. The van der Waals surface area contributed by atoms with Gasteiger partial charge in [-0.2, -0.15) is 0 Å². The summed E-state index contributed by atoms with van der Waals surface area (Å²) in [7, 11) is -3.46. The second-order valence-electron chi connectivity index (χ2n) is 4.45. The van der Waals surface area contributed by atoms with Gasteiger partial charge in [-0.05, 0) is 25.5 Å². The third kappa shape index (κ3) is 5.82. The number of ether oxygens (including phenoxy) is 1. The topological polar surface area (TPSA) is 102 Å². The van der Waals surface area contributed by atoms with E-state index in [4.69, 9.17) is 4.74 Å². The van der Waals surface area contributed by atoms with Crippen LogP contribution in [0.1, 0.15) is 30.6 Å². The summed E-state index contributed by atoms with van der Waals surface area (Å²) >= 11 is 0. The number of carbonyl (C=O) groups excluding carboxylic acids is 2.